The molecule has 0 saturated heterocycles. The largest absolute Gasteiger partial charge is 0.466 e. The lowest BCUT2D eigenvalue weighted by atomic mass is 10.8. The second kappa shape index (κ2) is 9.10. The van der Waals surface area contributed by atoms with Gasteiger partial charge in [0.25, 0.3) is 6.42 Å². The van der Waals surface area contributed by atoms with Crippen LogP contribution in [-0.4, -0.2) is 33.0 Å². The van der Waals surface area contributed by atoms with Crippen LogP contribution in [0.3, 0.4) is 0 Å². The van der Waals surface area contributed by atoms with Crippen LogP contribution in [-0.2, 0) is 4.57 Å². The van der Waals surface area contributed by atoms with Crippen LogP contribution in [0.1, 0.15) is 0 Å². The molecule has 1 heterocycles. The summed E-state index contributed by atoms with van der Waals surface area (Å²) in [6.45, 7) is 0. The Labute approximate surface area is 91.1 Å². The van der Waals surface area contributed by atoms with E-state index in [0.717, 1.165) is 7.05 Å². The Morgan fingerprint density at radius 1 is 1.24 bits per heavy atom. The number of alkyl halides is 1. The fourth-order valence-corrected chi connectivity index (χ4v) is 0.515. The first-order valence-electron chi connectivity index (χ1n) is 3.10. The topological polar surface area (TPSA) is 93.0 Å². The summed E-state index contributed by atoms with van der Waals surface area (Å²) >= 11 is 0. The van der Waals surface area contributed by atoms with Gasteiger partial charge in [0.2, 0.25) is 11.9 Å². The summed E-state index contributed by atoms with van der Waals surface area (Å²) in [5, 5.41) is 1.61. The van der Waals surface area contributed by atoms with Crippen molar-refractivity contribution in [1.82, 2.24) is 10.2 Å². The Morgan fingerprint density at radius 2 is 1.53 bits per heavy atom. The molecule has 13 heteroatoms. The number of nitrogens with one attached hydrogen (secondary N) is 1. The average molecular weight is 296 g/mol. The van der Waals surface area contributed by atoms with Gasteiger partial charge >= 0.3 is 7.82 Å². The molecular weight excluding hydrogens is 285 g/mol. The first-order chi connectivity index (χ1) is 6.13. The van der Waals surface area contributed by atoms with Gasteiger partial charge in [-0.25, -0.2) is 4.57 Å². The minimum absolute atomic E-state index is 0. The second-order valence-electron chi connectivity index (χ2n) is 2.21. The average Bonchev–Trinajstić information content (AvgIpc) is 2.14. The van der Waals surface area contributed by atoms with E-state index in [4.69, 9.17) is 19.2 Å². The molecule has 1 atom stereocenters. The molecule has 1 unspecified atom stereocenters. The van der Waals surface area contributed by atoms with Crippen LogP contribution in [0.15, 0.2) is 11.9 Å². The molecule has 4 N–H and O–H groups in total. The van der Waals surface area contributed by atoms with E-state index in [0.29, 0.717) is 4.90 Å². The van der Waals surface area contributed by atoms with Gasteiger partial charge in [-0.3, -0.25) is 14.1 Å². The number of rotatable bonds is 0. The Morgan fingerprint density at radius 3 is 1.59 bits per heavy atom. The highest BCUT2D eigenvalue weighted by atomic mass is 31.2. The van der Waals surface area contributed by atoms with Gasteiger partial charge in [0.05, 0.1) is 0 Å². The van der Waals surface area contributed by atoms with Crippen molar-refractivity contribution < 1.29 is 46.5 Å². The molecule has 0 saturated carbocycles. The molecule has 1 aliphatic rings. The minimum Gasteiger partial charge on any atom is -0.311 e. The molecule has 0 spiro atoms. The molecule has 108 valence electrons. The van der Waals surface area contributed by atoms with Gasteiger partial charge in [-0.15, -0.1) is 0 Å². The molecule has 1 rings (SSSR count). The molecule has 17 heavy (non-hydrogen) atoms. The Kier molecular flexibility index (Phi) is 13.4. The molecule has 0 bridgehead atoms. The van der Waals surface area contributed by atoms with E-state index in [2.05, 4.69) is 0 Å². The molecule has 6 nitrogen and oxygen atoms in total. The normalized spacial score (nSPS) is 17.8. The van der Waals surface area contributed by atoms with Crippen LogP contribution in [0.2, 0.25) is 0 Å². The van der Waals surface area contributed by atoms with Gasteiger partial charge in [0.15, 0.2) is 0 Å². The monoisotopic (exact) mass is 296 g/mol. The fraction of sp³-hybridized carbons (Fsp3) is 0.500. The van der Waals surface area contributed by atoms with E-state index < -0.39 is 26.1 Å². The second-order valence-corrected chi connectivity index (χ2v) is 3.24. The number of halogens is 6. The quantitative estimate of drug-likeness (QED) is 0.293. The maximum Gasteiger partial charge on any atom is 0.466 e. The summed E-state index contributed by atoms with van der Waals surface area (Å²) in [5.41, 5.74) is 0. The lowest BCUT2D eigenvalue weighted by Crippen LogP contribution is -2.28. The first-order valence-corrected chi connectivity index (χ1v) is 4.66. The van der Waals surface area contributed by atoms with Crippen LogP contribution in [0.25, 0.3) is 0 Å². The molecule has 0 radical (unpaired) electrons. The Bertz CT molecular complexity index is 277. The van der Waals surface area contributed by atoms with Crippen molar-refractivity contribution in [2.24, 2.45) is 0 Å². The predicted octanol–water partition coefficient (Wildman–Crippen LogP) is 0.369. The third-order valence-electron chi connectivity index (χ3n) is 1.08. The van der Waals surface area contributed by atoms with Crippen LogP contribution < -0.4 is 5.32 Å². The van der Waals surface area contributed by atoms with Crippen molar-refractivity contribution >= 4 is 7.82 Å². The predicted molar refractivity (Wildman–Crippen MR) is 46.8 cm³/mol. The zero-order valence-corrected chi connectivity index (χ0v) is 8.97. The van der Waals surface area contributed by atoms with E-state index in [1.165, 1.54) is 0 Å². The molecule has 0 fully saturated rings. The lowest BCUT2D eigenvalue weighted by molar-refractivity contribution is 0.123. The highest BCUT2D eigenvalue weighted by Gasteiger charge is 2.28. The standard InChI is InChI=1S/C4H5F3N2.3FH.H3O4P/c1-9-3(6)2(5)8-4(9)7;;;;1-5(2,3)4/h4,8H,1H3;3*1H;(H3,1,2,3,4). The van der Waals surface area contributed by atoms with Gasteiger partial charge in [-0.05, 0) is 0 Å². The number of hydrogen-bond donors (Lipinski definition) is 4. The number of phosphoric acid groups is 1. The fourth-order valence-electron chi connectivity index (χ4n) is 0.515. The van der Waals surface area contributed by atoms with Crippen LogP contribution in [0, 0.1) is 0 Å². The van der Waals surface area contributed by atoms with E-state index in [1.54, 1.807) is 5.32 Å². The Hall–Kier alpha value is -0.970. The third-order valence-corrected chi connectivity index (χ3v) is 1.08. The summed E-state index contributed by atoms with van der Waals surface area (Å²) in [5.74, 6) is -2.44. The van der Waals surface area contributed by atoms with Crippen molar-refractivity contribution in [1.29, 1.82) is 0 Å². The van der Waals surface area contributed by atoms with Gasteiger partial charge in [-0.1, -0.05) is 0 Å². The molecule has 0 aliphatic carbocycles. The van der Waals surface area contributed by atoms with Crippen molar-refractivity contribution in [2.45, 2.75) is 6.42 Å². The van der Waals surface area contributed by atoms with E-state index in [9.17, 15) is 13.2 Å². The summed E-state index contributed by atoms with van der Waals surface area (Å²) in [7, 11) is -3.53. The number of nitrogens with zero attached hydrogens (tertiary/aromatic N) is 1. The van der Waals surface area contributed by atoms with Gasteiger partial charge in [0, 0.05) is 7.05 Å². The molecule has 0 aromatic carbocycles. The summed E-state index contributed by atoms with van der Waals surface area (Å²) in [6.07, 6.45) is -1.77. The molecule has 0 aromatic rings. The summed E-state index contributed by atoms with van der Waals surface area (Å²) in [6, 6.07) is 0. The van der Waals surface area contributed by atoms with Crippen molar-refractivity contribution in [3.63, 3.8) is 0 Å². The molecule has 0 aromatic heterocycles. The zero-order valence-electron chi connectivity index (χ0n) is 8.08. The highest BCUT2D eigenvalue weighted by molar-refractivity contribution is 7.45. The molecular formula is C4H11F6N2O4P. The van der Waals surface area contributed by atoms with Crippen molar-refractivity contribution in [2.75, 3.05) is 7.05 Å². The van der Waals surface area contributed by atoms with Crippen LogP contribution in [0.4, 0.5) is 27.3 Å². The van der Waals surface area contributed by atoms with E-state index >= 15 is 0 Å². The third kappa shape index (κ3) is 11.3. The van der Waals surface area contributed by atoms with Gasteiger partial charge < -0.3 is 24.9 Å². The van der Waals surface area contributed by atoms with E-state index in [-0.39, 0.29) is 14.1 Å². The summed E-state index contributed by atoms with van der Waals surface area (Å²) < 4.78 is 45.0. The van der Waals surface area contributed by atoms with Crippen molar-refractivity contribution in [3.8, 4) is 0 Å². The van der Waals surface area contributed by atoms with Crippen LogP contribution in [0.5, 0.6) is 0 Å². The maximum atomic E-state index is 12.1. The SMILES string of the molecule is CN1C(F)=C(F)NC1F.F.F.F.O=P(O)(O)O. The maximum absolute atomic E-state index is 12.1. The lowest BCUT2D eigenvalue weighted by Gasteiger charge is -2.11. The smallest absolute Gasteiger partial charge is 0.311 e. The molecule has 1 aliphatic heterocycles. The van der Waals surface area contributed by atoms with Crippen molar-refractivity contribution in [3.05, 3.63) is 11.9 Å². The highest BCUT2D eigenvalue weighted by Crippen LogP contribution is 2.25. The summed E-state index contributed by atoms with van der Waals surface area (Å²) in [4.78, 5) is 22.1. The first kappa shape index (κ1) is 25.0. The zero-order chi connectivity index (χ0) is 11.5. The van der Waals surface area contributed by atoms with E-state index in [1.807, 2.05) is 0 Å². The van der Waals surface area contributed by atoms with Gasteiger partial charge in [-0.2, -0.15) is 13.2 Å². The number of hydrogen-bond acceptors (Lipinski definition) is 3. The minimum atomic E-state index is -4.64. The van der Waals surface area contributed by atoms with Gasteiger partial charge in [0.1, 0.15) is 0 Å². The molecule has 0 amide bonds. The Balaban J connectivity index is -0.0000000948. The van der Waals surface area contributed by atoms with Crippen LogP contribution >= 0.6 is 7.82 Å².